The molecule has 1 fully saturated rings. The zero-order chi connectivity index (χ0) is 17.4. The Bertz CT molecular complexity index is 559. The summed E-state index contributed by atoms with van der Waals surface area (Å²) in [5, 5.41) is 5.97. The quantitative estimate of drug-likeness (QED) is 0.839. The Morgan fingerprint density at radius 3 is 2.88 bits per heavy atom. The number of piperidine rings is 1. The third kappa shape index (κ3) is 5.55. The van der Waals surface area contributed by atoms with Crippen LogP contribution in [-0.2, 0) is 11.2 Å². The Kier molecular flexibility index (Phi) is 7.09. The standard InChI is InChI=1S/C19H29N3O2/c1-3-7-18(23)20-13-16-9-6-11-22(14-16)19(24)21-17-10-5-8-15(4-2)12-17/h5,8,10,12,16H,3-4,6-7,9,11,13-14H2,1-2H3,(H,20,23)(H,21,24)/t16-/m0/s1. The first-order chi connectivity index (χ1) is 11.6. The van der Waals surface area contributed by atoms with Gasteiger partial charge in [-0.3, -0.25) is 4.79 Å². The van der Waals surface area contributed by atoms with Gasteiger partial charge in [0, 0.05) is 31.7 Å². The molecule has 0 aliphatic carbocycles. The number of nitrogens with one attached hydrogen (secondary N) is 2. The second kappa shape index (κ2) is 9.30. The van der Waals surface area contributed by atoms with Crippen LogP contribution in [-0.4, -0.2) is 36.5 Å². The van der Waals surface area contributed by atoms with Crippen molar-refractivity contribution in [3.63, 3.8) is 0 Å². The number of hydrogen-bond donors (Lipinski definition) is 2. The summed E-state index contributed by atoms with van der Waals surface area (Å²) in [6.07, 6.45) is 4.43. The van der Waals surface area contributed by atoms with Gasteiger partial charge in [0.2, 0.25) is 5.91 Å². The lowest BCUT2D eigenvalue weighted by Gasteiger charge is -2.33. The molecular formula is C19H29N3O2. The number of likely N-dealkylation sites (tertiary alicyclic amines) is 1. The molecule has 0 spiro atoms. The summed E-state index contributed by atoms with van der Waals surface area (Å²) >= 11 is 0. The van der Waals surface area contributed by atoms with Crippen molar-refractivity contribution >= 4 is 17.6 Å². The highest BCUT2D eigenvalue weighted by atomic mass is 16.2. The van der Waals surface area contributed by atoms with Crippen molar-refractivity contribution in [2.45, 2.75) is 46.0 Å². The average molecular weight is 331 g/mol. The molecule has 2 rings (SSSR count). The number of carbonyl (C=O) groups is 2. The lowest BCUT2D eigenvalue weighted by molar-refractivity contribution is -0.121. The van der Waals surface area contributed by atoms with Gasteiger partial charge in [-0.25, -0.2) is 4.79 Å². The number of urea groups is 1. The fourth-order valence-corrected chi connectivity index (χ4v) is 3.06. The molecule has 3 amide bonds. The van der Waals surface area contributed by atoms with E-state index in [-0.39, 0.29) is 11.9 Å². The van der Waals surface area contributed by atoms with Gasteiger partial charge in [0.1, 0.15) is 0 Å². The van der Waals surface area contributed by atoms with E-state index in [0.717, 1.165) is 37.9 Å². The van der Waals surface area contributed by atoms with Gasteiger partial charge in [-0.05, 0) is 49.3 Å². The van der Waals surface area contributed by atoms with Crippen molar-refractivity contribution in [3.8, 4) is 0 Å². The fraction of sp³-hybridized carbons (Fsp3) is 0.579. The third-order valence-corrected chi connectivity index (χ3v) is 4.46. The maximum absolute atomic E-state index is 12.5. The molecule has 1 aromatic carbocycles. The van der Waals surface area contributed by atoms with Crippen molar-refractivity contribution in [2.24, 2.45) is 5.92 Å². The summed E-state index contributed by atoms with van der Waals surface area (Å²) < 4.78 is 0. The molecule has 1 aliphatic rings. The first kappa shape index (κ1) is 18.3. The number of nitrogens with zero attached hydrogens (tertiary/aromatic N) is 1. The molecule has 0 aromatic heterocycles. The lowest BCUT2D eigenvalue weighted by Crippen LogP contribution is -2.45. The second-order valence-electron chi connectivity index (χ2n) is 6.49. The zero-order valence-corrected chi connectivity index (χ0v) is 14.8. The van der Waals surface area contributed by atoms with Crippen molar-refractivity contribution < 1.29 is 9.59 Å². The van der Waals surface area contributed by atoms with E-state index in [1.807, 2.05) is 30.0 Å². The molecular weight excluding hydrogens is 302 g/mol. The number of aryl methyl sites for hydroxylation is 1. The van der Waals surface area contributed by atoms with Gasteiger partial charge in [-0.2, -0.15) is 0 Å². The highest BCUT2D eigenvalue weighted by molar-refractivity contribution is 5.89. The van der Waals surface area contributed by atoms with Gasteiger partial charge < -0.3 is 15.5 Å². The Hall–Kier alpha value is -2.04. The molecule has 5 nitrogen and oxygen atoms in total. The van der Waals surface area contributed by atoms with Crippen LogP contribution >= 0.6 is 0 Å². The maximum atomic E-state index is 12.5. The van der Waals surface area contributed by atoms with Gasteiger partial charge in [0.25, 0.3) is 0 Å². The van der Waals surface area contributed by atoms with E-state index in [4.69, 9.17) is 0 Å². The molecule has 1 aliphatic heterocycles. The summed E-state index contributed by atoms with van der Waals surface area (Å²) in [4.78, 5) is 25.9. The predicted octanol–water partition coefficient (Wildman–Crippen LogP) is 3.41. The SMILES string of the molecule is CCCC(=O)NC[C@@H]1CCCN(C(=O)Nc2cccc(CC)c2)C1. The van der Waals surface area contributed by atoms with Crippen molar-refractivity contribution in [3.05, 3.63) is 29.8 Å². The topological polar surface area (TPSA) is 61.4 Å². The van der Waals surface area contributed by atoms with Crippen LogP contribution in [0.4, 0.5) is 10.5 Å². The third-order valence-electron chi connectivity index (χ3n) is 4.46. The molecule has 5 heteroatoms. The number of rotatable bonds is 6. The Morgan fingerprint density at radius 1 is 1.29 bits per heavy atom. The van der Waals surface area contributed by atoms with Crippen LogP contribution in [0, 0.1) is 5.92 Å². The minimum absolute atomic E-state index is 0.0483. The van der Waals surface area contributed by atoms with E-state index in [2.05, 4.69) is 23.6 Å². The van der Waals surface area contributed by atoms with Crippen LogP contribution in [0.1, 0.15) is 45.1 Å². The molecule has 0 radical (unpaired) electrons. The first-order valence-electron chi connectivity index (χ1n) is 9.04. The normalized spacial score (nSPS) is 17.4. The second-order valence-corrected chi connectivity index (χ2v) is 6.49. The van der Waals surface area contributed by atoms with E-state index in [9.17, 15) is 9.59 Å². The first-order valence-corrected chi connectivity index (χ1v) is 9.04. The monoisotopic (exact) mass is 331 g/mol. The summed E-state index contributed by atoms with van der Waals surface area (Å²) in [5.41, 5.74) is 2.06. The Labute approximate surface area is 144 Å². The number of anilines is 1. The smallest absolute Gasteiger partial charge is 0.321 e. The van der Waals surface area contributed by atoms with Crippen LogP contribution in [0.2, 0.25) is 0 Å². The van der Waals surface area contributed by atoms with Gasteiger partial charge in [-0.15, -0.1) is 0 Å². The van der Waals surface area contributed by atoms with Gasteiger partial charge in [0.15, 0.2) is 0 Å². The summed E-state index contributed by atoms with van der Waals surface area (Å²) in [5.74, 6) is 0.447. The molecule has 0 saturated carbocycles. The van der Waals surface area contributed by atoms with Crippen LogP contribution in [0.15, 0.2) is 24.3 Å². The number of amides is 3. The zero-order valence-electron chi connectivity index (χ0n) is 14.8. The highest BCUT2D eigenvalue weighted by Gasteiger charge is 2.24. The van der Waals surface area contributed by atoms with Gasteiger partial charge >= 0.3 is 6.03 Å². The van der Waals surface area contributed by atoms with E-state index in [1.165, 1.54) is 5.56 Å². The lowest BCUT2D eigenvalue weighted by atomic mass is 9.98. The fourth-order valence-electron chi connectivity index (χ4n) is 3.06. The average Bonchev–Trinajstić information content (AvgIpc) is 2.60. The van der Waals surface area contributed by atoms with Crippen LogP contribution < -0.4 is 10.6 Å². The molecule has 2 N–H and O–H groups in total. The van der Waals surface area contributed by atoms with Gasteiger partial charge in [0.05, 0.1) is 0 Å². The largest absolute Gasteiger partial charge is 0.356 e. The number of carbonyl (C=O) groups excluding carboxylic acids is 2. The molecule has 24 heavy (non-hydrogen) atoms. The number of hydrogen-bond acceptors (Lipinski definition) is 2. The molecule has 1 heterocycles. The molecule has 1 saturated heterocycles. The molecule has 132 valence electrons. The summed E-state index contributed by atoms with van der Waals surface area (Å²) in [7, 11) is 0. The minimum Gasteiger partial charge on any atom is -0.356 e. The van der Waals surface area contributed by atoms with E-state index in [1.54, 1.807) is 0 Å². The molecule has 0 bridgehead atoms. The molecule has 0 unspecified atom stereocenters. The molecule has 1 atom stereocenters. The van der Waals surface area contributed by atoms with E-state index >= 15 is 0 Å². The van der Waals surface area contributed by atoms with Crippen molar-refractivity contribution in [1.29, 1.82) is 0 Å². The van der Waals surface area contributed by atoms with Crippen molar-refractivity contribution in [1.82, 2.24) is 10.2 Å². The van der Waals surface area contributed by atoms with E-state index in [0.29, 0.717) is 25.4 Å². The minimum atomic E-state index is -0.0483. The van der Waals surface area contributed by atoms with Crippen LogP contribution in [0.5, 0.6) is 0 Å². The predicted molar refractivity (Wildman–Crippen MR) is 97.1 cm³/mol. The van der Waals surface area contributed by atoms with Crippen LogP contribution in [0.3, 0.4) is 0 Å². The summed E-state index contributed by atoms with van der Waals surface area (Å²) in [6, 6.07) is 7.92. The Morgan fingerprint density at radius 2 is 2.12 bits per heavy atom. The Balaban J connectivity index is 1.84. The molecule has 1 aromatic rings. The number of benzene rings is 1. The van der Waals surface area contributed by atoms with Gasteiger partial charge in [-0.1, -0.05) is 26.0 Å². The maximum Gasteiger partial charge on any atom is 0.321 e. The highest BCUT2D eigenvalue weighted by Crippen LogP contribution is 2.18. The van der Waals surface area contributed by atoms with Crippen molar-refractivity contribution in [2.75, 3.05) is 25.0 Å². The van der Waals surface area contributed by atoms with Crippen LogP contribution in [0.25, 0.3) is 0 Å². The van der Waals surface area contributed by atoms with E-state index < -0.39 is 0 Å². The summed E-state index contributed by atoms with van der Waals surface area (Å²) in [6.45, 7) is 6.24.